The number of nitrogen functional groups attached to an aromatic ring is 1. The van der Waals surface area contributed by atoms with Crippen LogP contribution in [0.25, 0.3) is 0 Å². The molecule has 0 aromatic heterocycles. The minimum Gasteiger partial charge on any atom is -0.492 e. The number of rotatable bonds is 9. The van der Waals surface area contributed by atoms with Gasteiger partial charge < -0.3 is 20.7 Å². The molecule has 0 bridgehead atoms. The van der Waals surface area contributed by atoms with Crippen LogP contribution in [0.5, 0.6) is 5.75 Å². The van der Waals surface area contributed by atoms with Gasteiger partial charge in [0.25, 0.3) is 5.91 Å². The summed E-state index contributed by atoms with van der Waals surface area (Å²) in [6.07, 6.45) is 0.228. The molecular formula is C16H23ClN4O2. The van der Waals surface area contributed by atoms with Gasteiger partial charge >= 0.3 is 0 Å². The van der Waals surface area contributed by atoms with E-state index >= 15 is 0 Å². The summed E-state index contributed by atoms with van der Waals surface area (Å²) in [5.74, 6) is 0.0634. The van der Waals surface area contributed by atoms with Crippen molar-refractivity contribution < 1.29 is 9.53 Å². The van der Waals surface area contributed by atoms with Crippen LogP contribution in [0.15, 0.2) is 12.1 Å². The second-order valence-corrected chi connectivity index (χ2v) is 5.32. The lowest BCUT2D eigenvalue weighted by Gasteiger charge is -2.18. The molecule has 0 unspecified atom stereocenters. The number of nitrogens with one attached hydrogen (secondary N) is 1. The number of amides is 1. The predicted octanol–water partition coefficient (Wildman–Crippen LogP) is 2.29. The van der Waals surface area contributed by atoms with Crippen molar-refractivity contribution in [3.8, 4) is 11.8 Å². The monoisotopic (exact) mass is 338 g/mol. The lowest BCUT2D eigenvalue weighted by atomic mass is 10.1. The first-order valence-corrected chi connectivity index (χ1v) is 8.00. The van der Waals surface area contributed by atoms with Gasteiger partial charge in [-0.3, -0.25) is 4.79 Å². The topological polar surface area (TPSA) is 91.4 Å². The number of ether oxygens (including phenoxy) is 1. The Morgan fingerprint density at radius 3 is 2.74 bits per heavy atom. The molecule has 0 aliphatic carbocycles. The number of benzene rings is 1. The third kappa shape index (κ3) is 5.97. The van der Waals surface area contributed by atoms with Crippen LogP contribution < -0.4 is 15.8 Å². The molecule has 0 heterocycles. The summed E-state index contributed by atoms with van der Waals surface area (Å²) < 4.78 is 5.47. The van der Waals surface area contributed by atoms with Crippen LogP contribution in [-0.2, 0) is 0 Å². The molecule has 0 aliphatic rings. The highest BCUT2D eigenvalue weighted by Gasteiger charge is 2.15. The van der Waals surface area contributed by atoms with Crippen molar-refractivity contribution in [2.45, 2.75) is 20.3 Å². The van der Waals surface area contributed by atoms with Crippen LogP contribution >= 0.6 is 11.6 Å². The molecule has 6 nitrogen and oxygen atoms in total. The van der Waals surface area contributed by atoms with E-state index < -0.39 is 0 Å². The molecule has 0 radical (unpaired) electrons. The van der Waals surface area contributed by atoms with Crippen LogP contribution in [0.2, 0.25) is 5.02 Å². The van der Waals surface area contributed by atoms with E-state index in [0.717, 1.165) is 19.6 Å². The SMILES string of the molecule is CCN(CC)CCNC(=O)c1cc(Cl)c(N)cc1OCCC#N. The lowest BCUT2D eigenvalue weighted by Crippen LogP contribution is -2.35. The van der Waals surface area contributed by atoms with Crippen molar-refractivity contribution in [2.24, 2.45) is 0 Å². The van der Waals surface area contributed by atoms with Crippen molar-refractivity contribution in [1.82, 2.24) is 10.2 Å². The van der Waals surface area contributed by atoms with Gasteiger partial charge in [0.2, 0.25) is 0 Å². The van der Waals surface area contributed by atoms with Crippen molar-refractivity contribution in [3.63, 3.8) is 0 Å². The number of nitrogens with two attached hydrogens (primary N) is 1. The molecule has 1 amide bonds. The summed E-state index contributed by atoms with van der Waals surface area (Å²) in [5.41, 5.74) is 6.41. The zero-order chi connectivity index (χ0) is 17.2. The van der Waals surface area contributed by atoms with E-state index in [1.165, 1.54) is 12.1 Å². The third-order valence-electron chi connectivity index (χ3n) is 3.42. The van der Waals surface area contributed by atoms with Gasteiger partial charge in [0, 0.05) is 19.2 Å². The second-order valence-electron chi connectivity index (χ2n) is 4.91. The van der Waals surface area contributed by atoms with Crippen LogP contribution in [-0.4, -0.2) is 43.6 Å². The average Bonchev–Trinajstić information content (AvgIpc) is 2.54. The maximum Gasteiger partial charge on any atom is 0.255 e. The molecule has 1 rings (SSSR count). The number of likely N-dealkylation sites (N-methyl/N-ethyl adjacent to an activating group) is 1. The van der Waals surface area contributed by atoms with Gasteiger partial charge in [-0.15, -0.1) is 0 Å². The fraction of sp³-hybridized carbons (Fsp3) is 0.500. The zero-order valence-electron chi connectivity index (χ0n) is 13.6. The molecule has 0 saturated heterocycles. The highest BCUT2D eigenvalue weighted by Crippen LogP contribution is 2.29. The molecule has 23 heavy (non-hydrogen) atoms. The van der Waals surface area contributed by atoms with Gasteiger partial charge in [-0.2, -0.15) is 5.26 Å². The number of carbonyl (C=O) groups excluding carboxylic acids is 1. The molecule has 0 aliphatic heterocycles. The third-order valence-corrected chi connectivity index (χ3v) is 3.75. The van der Waals surface area contributed by atoms with Crippen molar-refractivity contribution in [2.75, 3.05) is 38.5 Å². The van der Waals surface area contributed by atoms with E-state index in [4.69, 9.17) is 27.3 Å². The van der Waals surface area contributed by atoms with Gasteiger partial charge in [-0.25, -0.2) is 0 Å². The molecule has 1 aromatic carbocycles. The Balaban J connectivity index is 2.77. The number of nitriles is 1. The number of hydrogen-bond donors (Lipinski definition) is 2. The normalized spacial score (nSPS) is 10.4. The standard InChI is InChI=1S/C16H23ClN4O2/c1-3-21(4-2)8-7-20-16(22)12-10-13(17)14(19)11-15(12)23-9-5-6-18/h10-11H,3-5,7-9,19H2,1-2H3,(H,20,22). The Morgan fingerprint density at radius 2 is 2.13 bits per heavy atom. The number of nitrogens with zero attached hydrogens (tertiary/aromatic N) is 2. The van der Waals surface area contributed by atoms with E-state index in [1.54, 1.807) is 0 Å². The van der Waals surface area contributed by atoms with Gasteiger partial charge in [-0.05, 0) is 19.2 Å². The Hall–Kier alpha value is -1.97. The number of anilines is 1. The van der Waals surface area contributed by atoms with E-state index in [0.29, 0.717) is 28.6 Å². The molecule has 0 atom stereocenters. The molecule has 0 fully saturated rings. The van der Waals surface area contributed by atoms with E-state index in [1.807, 2.05) is 6.07 Å². The fourth-order valence-corrected chi connectivity index (χ4v) is 2.20. The van der Waals surface area contributed by atoms with Crippen molar-refractivity contribution >= 4 is 23.2 Å². The maximum atomic E-state index is 12.3. The highest BCUT2D eigenvalue weighted by atomic mass is 35.5. The lowest BCUT2D eigenvalue weighted by molar-refractivity contribution is 0.0945. The predicted molar refractivity (Wildman–Crippen MR) is 91.7 cm³/mol. The number of carbonyl (C=O) groups is 1. The largest absolute Gasteiger partial charge is 0.492 e. The van der Waals surface area contributed by atoms with Gasteiger partial charge in [0.1, 0.15) is 12.4 Å². The first kappa shape index (κ1) is 19.1. The minimum atomic E-state index is -0.272. The maximum absolute atomic E-state index is 12.3. The summed E-state index contributed by atoms with van der Waals surface area (Å²) >= 11 is 6.00. The Kier molecular flexibility index (Phi) is 8.23. The Morgan fingerprint density at radius 1 is 1.43 bits per heavy atom. The van der Waals surface area contributed by atoms with Crippen LogP contribution in [0.4, 0.5) is 5.69 Å². The molecule has 3 N–H and O–H groups in total. The van der Waals surface area contributed by atoms with Crippen LogP contribution in [0, 0.1) is 11.3 Å². The highest BCUT2D eigenvalue weighted by molar-refractivity contribution is 6.33. The summed E-state index contributed by atoms with van der Waals surface area (Å²) in [7, 11) is 0. The molecule has 126 valence electrons. The summed E-state index contributed by atoms with van der Waals surface area (Å²) in [6, 6.07) is 4.99. The molecular weight excluding hydrogens is 316 g/mol. The Bertz CT molecular complexity index is 568. The summed E-state index contributed by atoms with van der Waals surface area (Å²) in [4.78, 5) is 14.6. The molecule has 1 aromatic rings. The number of halogens is 1. The van der Waals surface area contributed by atoms with Crippen LogP contribution in [0.3, 0.4) is 0 Å². The van der Waals surface area contributed by atoms with Crippen molar-refractivity contribution in [3.05, 3.63) is 22.7 Å². The molecule has 0 spiro atoms. The summed E-state index contributed by atoms with van der Waals surface area (Å²) in [6.45, 7) is 7.51. The smallest absolute Gasteiger partial charge is 0.255 e. The average molecular weight is 339 g/mol. The molecule has 0 saturated carbocycles. The van der Waals surface area contributed by atoms with E-state index in [9.17, 15) is 4.79 Å². The fourth-order valence-electron chi connectivity index (χ4n) is 2.04. The van der Waals surface area contributed by atoms with Gasteiger partial charge in [-0.1, -0.05) is 25.4 Å². The zero-order valence-corrected chi connectivity index (χ0v) is 14.3. The quantitative estimate of drug-likeness (QED) is 0.532. The minimum absolute atomic E-state index is 0.192. The molecule has 7 heteroatoms. The van der Waals surface area contributed by atoms with Crippen molar-refractivity contribution in [1.29, 1.82) is 5.26 Å². The Labute approximate surface area is 142 Å². The first-order valence-electron chi connectivity index (χ1n) is 7.62. The number of hydrogen-bond acceptors (Lipinski definition) is 5. The van der Waals surface area contributed by atoms with E-state index in [2.05, 4.69) is 24.1 Å². The van der Waals surface area contributed by atoms with Gasteiger partial charge in [0.05, 0.1) is 28.8 Å². The summed E-state index contributed by atoms with van der Waals surface area (Å²) in [5, 5.41) is 11.7. The van der Waals surface area contributed by atoms with Gasteiger partial charge in [0.15, 0.2) is 0 Å². The van der Waals surface area contributed by atoms with Crippen LogP contribution in [0.1, 0.15) is 30.6 Å². The second kappa shape index (κ2) is 9.93. The van der Waals surface area contributed by atoms with E-state index in [-0.39, 0.29) is 18.9 Å². The first-order chi connectivity index (χ1) is 11.0.